The van der Waals surface area contributed by atoms with Gasteiger partial charge in [-0.1, -0.05) is 12.5 Å². The highest BCUT2D eigenvalue weighted by Gasteiger charge is 2.45. The fourth-order valence-corrected chi connectivity index (χ4v) is 12.4. The zero-order chi connectivity index (χ0) is 51.7. The molecule has 3 fully saturated rings. The Hall–Kier alpha value is -6.80. The van der Waals surface area contributed by atoms with Gasteiger partial charge in [-0.25, -0.2) is 4.98 Å². The molecule has 0 bridgehead atoms. The van der Waals surface area contributed by atoms with Crippen molar-refractivity contribution in [3.63, 3.8) is 0 Å². The molecule has 1 unspecified atom stereocenters. The number of aromatic nitrogens is 6. The van der Waals surface area contributed by atoms with E-state index in [1.54, 1.807) is 61.9 Å². The normalized spacial score (nSPS) is 18.0. The Kier molecular flexibility index (Phi) is 14.8. The van der Waals surface area contributed by atoms with Gasteiger partial charge >= 0.3 is 0 Å². The molecule has 0 aliphatic carbocycles. The predicted molar refractivity (Wildman–Crippen MR) is 289 cm³/mol. The quantitative estimate of drug-likeness (QED) is 0.0429. The van der Waals surface area contributed by atoms with Gasteiger partial charge in [0.15, 0.2) is 0 Å². The fraction of sp³-hybridized carbons (Fsp3) is 0.404. The number of benzene rings is 3. The summed E-state index contributed by atoms with van der Waals surface area (Å²) in [5, 5.41) is 17.5. The first-order valence-corrected chi connectivity index (χ1v) is 28.5. The molecule has 4 N–H and O–H groups in total. The number of methoxy groups -OCH3 is 1. The van der Waals surface area contributed by atoms with Crippen LogP contribution in [0.25, 0.3) is 22.2 Å². The van der Waals surface area contributed by atoms with Crippen LogP contribution < -0.4 is 36.2 Å². The van der Waals surface area contributed by atoms with E-state index in [1.165, 1.54) is 0 Å². The van der Waals surface area contributed by atoms with Gasteiger partial charge in [0.25, 0.3) is 11.8 Å². The molecule has 7 heterocycles. The highest BCUT2D eigenvalue weighted by atomic mass is 79.9. The fourth-order valence-electron chi connectivity index (χ4n) is 10.7. The number of fused-ring (bicyclic) bond motifs is 2. The molecule has 386 valence electrons. The Morgan fingerprint density at radius 3 is 2.38 bits per heavy atom. The summed E-state index contributed by atoms with van der Waals surface area (Å²) in [7, 11) is 0.767. The maximum absolute atomic E-state index is 13.6. The smallest absolute Gasteiger partial charge is 0.264 e. The van der Waals surface area contributed by atoms with Gasteiger partial charge in [0, 0.05) is 106 Å². The number of ether oxygens (including phenoxy) is 1. The minimum Gasteiger partial charge on any atom is -0.494 e. The van der Waals surface area contributed by atoms with E-state index in [0.29, 0.717) is 73.5 Å². The lowest BCUT2D eigenvalue weighted by atomic mass is 10.0. The summed E-state index contributed by atoms with van der Waals surface area (Å²) in [6.45, 7) is 10.9. The first-order chi connectivity index (χ1) is 35.7. The van der Waals surface area contributed by atoms with Gasteiger partial charge in [-0.3, -0.25) is 48.9 Å². The number of nitrogens with zero attached hydrogens (tertiary/aromatic N) is 10. The van der Waals surface area contributed by atoms with Crippen molar-refractivity contribution in [2.45, 2.75) is 57.0 Å². The van der Waals surface area contributed by atoms with Gasteiger partial charge in [0.05, 0.1) is 51.1 Å². The van der Waals surface area contributed by atoms with Crippen LogP contribution in [0.5, 0.6) is 5.75 Å². The van der Waals surface area contributed by atoms with E-state index in [1.807, 2.05) is 31.6 Å². The van der Waals surface area contributed by atoms with Crippen LogP contribution in [0.1, 0.15) is 65.7 Å². The van der Waals surface area contributed by atoms with Gasteiger partial charge in [-0.15, -0.1) is 0 Å². The number of piperidine rings is 2. The number of hydrogen-bond donors (Lipinski definition) is 4. The maximum atomic E-state index is 13.6. The number of carbonyl (C=O) groups is 4. The lowest BCUT2D eigenvalue weighted by molar-refractivity contribution is -0.136. The second-order valence-corrected chi connectivity index (χ2v) is 23.6. The van der Waals surface area contributed by atoms with E-state index in [4.69, 9.17) is 9.72 Å². The van der Waals surface area contributed by atoms with Crippen LogP contribution in [0.3, 0.4) is 0 Å². The van der Waals surface area contributed by atoms with E-state index >= 15 is 0 Å². The minimum absolute atomic E-state index is 0.0840. The number of nitrogens with one attached hydrogen (secondary N) is 4. The van der Waals surface area contributed by atoms with E-state index in [0.717, 1.165) is 99.6 Å². The van der Waals surface area contributed by atoms with Crippen molar-refractivity contribution >= 4 is 97.6 Å². The number of halogens is 1. The van der Waals surface area contributed by atoms with E-state index in [-0.39, 0.29) is 18.4 Å². The summed E-state index contributed by atoms with van der Waals surface area (Å²) in [4.78, 5) is 78.0. The Balaban J connectivity index is 0.723. The SMILES string of the molecule is COc1cc(N2CCN(C3CCN(CCCCCNc4cccc5c4C(=O)N(C4CCC(=O)NC4=O)C5=O)CC3)CC2)c(-c2cnn(C)c2)cc1Nc1ncc(Br)c(Nc2ccc3nccnc3c2P(C)(C)=O)n1. The lowest BCUT2D eigenvalue weighted by Crippen LogP contribution is -2.54. The lowest BCUT2D eigenvalue weighted by Gasteiger charge is -2.43. The number of rotatable bonds is 17. The summed E-state index contributed by atoms with van der Waals surface area (Å²) in [5.74, 6) is -0.560. The Labute approximate surface area is 437 Å². The zero-order valence-corrected chi connectivity index (χ0v) is 44.4. The first-order valence-electron chi connectivity index (χ1n) is 25.1. The van der Waals surface area contributed by atoms with Gasteiger partial charge in [0.2, 0.25) is 17.8 Å². The summed E-state index contributed by atoms with van der Waals surface area (Å²) < 4.78 is 22.1. The summed E-state index contributed by atoms with van der Waals surface area (Å²) in [6.07, 6.45) is 14.3. The van der Waals surface area contributed by atoms with Crippen LogP contribution in [0.15, 0.2) is 77.9 Å². The number of aryl methyl sites for hydroxylation is 1. The van der Waals surface area contributed by atoms with Crippen LogP contribution >= 0.6 is 23.1 Å². The molecule has 4 amide bonds. The molecule has 0 saturated carbocycles. The van der Waals surface area contributed by atoms with Crippen LogP contribution in [0.4, 0.5) is 34.5 Å². The molecule has 10 rings (SSSR count). The van der Waals surface area contributed by atoms with Gasteiger partial charge in [0.1, 0.15) is 30.3 Å². The molecule has 4 aliphatic heterocycles. The molecular weight excluding hydrogens is 1030 g/mol. The number of anilines is 6. The Bertz CT molecular complexity index is 3190. The van der Waals surface area contributed by atoms with Crippen LogP contribution in [-0.4, -0.2) is 153 Å². The van der Waals surface area contributed by atoms with Crippen LogP contribution in [-0.2, 0) is 21.2 Å². The number of piperazine rings is 1. The van der Waals surface area contributed by atoms with E-state index < -0.39 is 36.8 Å². The number of likely N-dealkylation sites (tertiary alicyclic amines) is 1. The molecule has 4 aliphatic rings. The Morgan fingerprint density at radius 1 is 0.838 bits per heavy atom. The van der Waals surface area contributed by atoms with E-state index in [9.17, 15) is 23.7 Å². The van der Waals surface area contributed by atoms with Crippen molar-refractivity contribution in [3.8, 4) is 16.9 Å². The van der Waals surface area contributed by atoms with Crippen molar-refractivity contribution in [3.05, 3.63) is 89.0 Å². The molecule has 0 spiro atoms. The molecule has 74 heavy (non-hydrogen) atoms. The largest absolute Gasteiger partial charge is 0.494 e. The molecule has 3 saturated heterocycles. The molecular formula is C52H60BrN14O6P. The average molecular weight is 1090 g/mol. The van der Waals surface area contributed by atoms with Gasteiger partial charge in [-0.2, -0.15) is 10.1 Å². The Morgan fingerprint density at radius 2 is 1.64 bits per heavy atom. The molecule has 1 atom stereocenters. The molecule has 6 aromatic rings. The first kappa shape index (κ1) is 50.7. The second kappa shape index (κ2) is 21.6. The maximum Gasteiger partial charge on any atom is 0.264 e. The molecule has 3 aromatic heterocycles. The third kappa shape index (κ3) is 10.6. The predicted octanol–water partition coefficient (Wildman–Crippen LogP) is 6.60. The van der Waals surface area contributed by atoms with Crippen molar-refractivity contribution in [1.82, 2.24) is 49.7 Å². The topological polar surface area (TPSA) is 225 Å². The van der Waals surface area contributed by atoms with E-state index in [2.05, 4.69) is 84.1 Å². The van der Waals surface area contributed by atoms with Crippen molar-refractivity contribution < 1.29 is 28.5 Å². The van der Waals surface area contributed by atoms with Crippen molar-refractivity contribution in [2.24, 2.45) is 7.05 Å². The highest BCUT2D eigenvalue weighted by molar-refractivity contribution is 9.10. The standard InChI is InChI=1S/C52H60BrN14O6P/c1-63-31-32(29-58-63)35-27-40(60-52-57-30-36(53)48(62-52)59-39-12-11-38-46(56-19-18-55-38)47(39)74(3,4)72)43(73-2)28-42(35)66-25-23-65(24-26-66)33-15-21-64(22-16-33)20-7-5-6-17-54-37-10-8-9-34-45(37)51(71)67(50(34)70)41-13-14-44(68)61-49(41)69/h8-12,18-19,27-31,33,41,54H,5-7,13-17,20-26H2,1-4H3,(H,61,68,69)(H2,57,59,60,62). The molecule has 0 radical (unpaired) electrons. The highest BCUT2D eigenvalue weighted by Crippen LogP contribution is 2.43. The molecule has 3 aromatic carbocycles. The summed E-state index contributed by atoms with van der Waals surface area (Å²) >= 11 is 3.61. The second-order valence-electron chi connectivity index (χ2n) is 19.6. The third-order valence-electron chi connectivity index (χ3n) is 14.4. The average Bonchev–Trinajstić information content (AvgIpc) is 3.95. The summed E-state index contributed by atoms with van der Waals surface area (Å²) in [5.41, 5.74) is 6.75. The van der Waals surface area contributed by atoms with Gasteiger partial charge in [-0.05, 0) is 111 Å². The number of amides is 4. The minimum atomic E-state index is -2.81. The molecule has 20 nitrogen and oxygen atoms in total. The van der Waals surface area contributed by atoms with Crippen molar-refractivity contribution in [1.29, 1.82) is 0 Å². The number of imide groups is 2. The third-order valence-corrected chi connectivity index (χ3v) is 16.5. The number of carbonyl (C=O) groups excluding carboxylic acids is 4. The number of unbranched alkanes of at least 4 members (excludes halogenated alkanes) is 2. The molecule has 22 heteroatoms. The summed E-state index contributed by atoms with van der Waals surface area (Å²) in [6, 6.07) is 12.6. The van der Waals surface area contributed by atoms with Crippen LogP contribution in [0, 0.1) is 0 Å². The zero-order valence-electron chi connectivity index (χ0n) is 41.9. The van der Waals surface area contributed by atoms with Crippen LogP contribution in [0.2, 0.25) is 0 Å². The number of hydrogen-bond acceptors (Lipinski definition) is 17. The van der Waals surface area contributed by atoms with Gasteiger partial charge < -0.3 is 35.1 Å². The van der Waals surface area contributed by atoms with Crippen molar-refractivity contribution in [2.75, 3.05) is 93.6 Å². The monoisotopic (exact) mass is 1090 g/mol.